The summed E-state index contributed by atoms with van der Waals surface area (Å²) in [6.07, 6.45) is 2.87. The Morgan fingerprint density at radius 3 is 2.72 bits per heavy atom. The maximum atomic E-state index is 12.3. The molecule has 0 aliphatic rings. The molecule has 1 aromatic rings. The summed E-state index contributed by atoms with van der Waals surface area (Å²) in [6.45, 7) is 0.884. The van der Waals surface area contributed by atoms with Crippen LogP contribution in [0.4, 0.5) is 0 Å². The van der Waals surface area contributed by atoms with Crippen molar-refractivity contribution in [3.8, 4) is 0 Å². The Balaban J connectivity index is 2.84. The van der Waals surface area contributed by atoms with Crippen molar-refractivity contribution in [2.75, 3.05) is 25.6 Å². The van der Waals surface area contributed by atoms with E-state index in [4.69, 9.17) is 5.73 Å². The fourth-order valence-corrected chi connectivity index (χ4v) is 3.26. The average molecular weight is 288 g/mol. The molecule has 1 aromatic carbocycles. The standard InChI is InChI=1S/C12H20N2O2S2/c1-14(7-4-8-17-2)18(15,16)12-6-3-5-11(9-12)10-13/h3,5-6,9H,4,7-8,10,13H2,1-2H3. The third kappa shape index (κ3) is 3.98. The quantitative estimate of drug-likeness (QED) is 0.773. The Kier molecular flexibility index (Phi) is 6.14. The number of rotatable bonds is 7. The van der Waals surface area contributed by atoms with Crippen LogP contribution in [0.2, 0.25) is 0 Å². The highest BCUT2D eigenvalue weighted by atomic mass is 32.2. The fraction of sp³-hybridized carbons (Fsp3) is 0.500. The van der Waals surface area contributed by atoms with Gasteiger partial charge >= 0.3 is 0 Å². The highest BCUT2D eigenvalue weighted by Gasteiger charge is 2.20. The van der Waals surface area contributed by atoms with E-state index in [-0.39, 0.29) is 0 Å². The van der Waals surface area contributed by atoms with Crippen molar-refractivity contribution < 1.29 is 8.42 Å². The first-order valence-electron chi connectivity index (χ1n) is 5.76. The van der Waals surface area contributed by atoms with Crippen molar-refractivity contribution >= 4 is 21.8 Å². The summed E-state index contributed by atoms with van der Waals surface area (Å²) in [4.78, 5) is 0.317. The Bertz CT molecular complexity index is 475. The average Bonchev–Trinajstić information content (AvgIpc) is 2.39. The van der Waals surface area contributed by atoms with Crippen LogP contribution < -0.4 is 5.73 Å². The van der Waals surface area contributed by atoms with Crippen LogP contribution in [0, 0.1) is 0 Å². The minimum Gasteiger partial charge on any atom is -0.326 e. The van der Waals surface area contributed by atoms with Gasteiger partial charge in [0.25, 0.3) is 0 Å². The molecule has 18 heavy (non-hydrogen) atoms. The number of benzene rings is 1. The molecule has 1 rings (SSSR count). The maximum absolute atomic E-state index is 12.3. The van der Waals surface area contributed by atoms with Crippen LogP contribution in [0.3, 0.4) is 0 Å². The maximum Gasteiger partial charge on any atom is 0.242 e. The van der Waals surface area contributed by atoms with Crippen molar-refractivity contribution in [3.05, 3.63) is 29.8 Å². The van der Waals surface area contributed by atoms with Gasteiger partial charge in [0.1, 0.15) is 0 Å². The van der Waals surface area contributed by atoms with Crippen LogP contribution in [0.25, 0.3) is 0 Å². The van der Waals surface area contributed by atoms with E-state index in [1.54, 1.807) is 37.0 Å². The second-order valence-electron chi connectivity index (χ2n) is 4.02. The molecule has 0 aliphatic heterocycles. The summed E-state index contributed by atoms with van der Waals surface area (Å²) < 4.78 is 25.9. The van der Waals surface area contributed by atoms with Crippen LogP contribution in [0.5, 0.6) is 0 Å². The Morgan fingerprint density at radius 1 is 1.39 bits per heavy atom. The van der Waals surface area contributed by atoms with Gasteiger partial charge < -0.3 is 5.73 Å². The minimum absolute atomic E-state index is 0.317. The molecule has 0 aromatic heterocycles. The molecular weight excluding hydrogens is 268 g/mol. The number of sulfonamides is 1. The van der Waals surface area contributed by atoms with Crippen molar-refractivity contribution in [3.63, 3.8) is 0 Å². The summed E-state index contributed by atoms with van der Waals surface area (Å²) in [5, 5.41) is 0. The summed E-state index contributed by atoms with van der Waals surface area (Å²) in [5.41, 5.74) is 6.35. The van der Waals surface area contributed by atoms with Crippen LogP contribution in [-0.2, 0) is 16.6 Å². The van der Waals surface area contributed by atoms with Gasteiger partial charge in [0, 0.05) is 20.1 Å². The molecule has 0 saturated carbocycles. The number of hydrogen-bond acceptors (Lipinski definition) is 4. The number of hydrogen-bond donors (Lipinski definition) is 1. The zero-order chi connectivity index (χ0) is 13.6. The highest BCUT2D eigenvalue weighted by molar-refractivity contribution is 7.98. The van der Waals surface area contributed by atoms with E-state index in [1.165, 1.54) is 4.31 Å². The predicted octanol–water partition coefficient (Wildman–Crippen LogP) is 1.52. The fourth-order valence-electron chi connectivity index (χ4n) is 1.56. The SMILES string of the molecule is CSCCCN(C)S(=O)(=O)c1cccc(CN)c1. The molecule has 0 atom stereocenters. The van der Waals surface area contributed by atoms with Gasteiger partial charge in [0.2, 0.25) is 10.0 Å². The van der Waals surface area contributed by atoms with E-state index in [2.05, 4.69) is 0 Å². The molecule has 0 aliphatic carbocycles. The Labute approximate surface area is 114 Å². The van der Waals surface area contributed by atoms with Crippen LogP contribution in [0.1, 0.15) is 12.0 Å². The summed E-state index contributed by atoms with van der Waals surface area (Å²) in [6, 6.07) is 6.80. The second-order valence-corrected chi connectivity index (χ2v) is 7.05. The van der Waals surface area contributed by atoms with Gasteiger partial charge in [-0.3, -0.25) is 0 Å². The van der Waals surface area contributed by atoms with E-state index < -0.39 is 10.0 Å². The highest BCUT2D eigenvalue weighted by Crippen LogP contribution is 2.16. The van der Waals surface area contributed by atoms with Gasteiger partial charge in [-0.1, -0.05) is 12.1 Å². The minimum atomic E-state index is -3.38. The van der Waals surface area contributed by atoms with E-state index in [0.717, 1.165) is 17.7 Å². The molecule has 0 bridgehead atoms. The smallest absolute Gasteiger partial charge is 0.242 e. The molecule has 4 nitrogen and oxygen atoms in total. The van der Waals surface area contributed by atoms with E-state index in [1.807, 2.05) is 12.3 Å². The van der Waals surface area contributed by atoms with E-state index in [0.29, 0.717) is 18.0 Å². The first-order valence-corrected chi connectivity index (χ1v) is 8.60. The Morgan fingerprint density at radius 2 is 2.11 bits per heavy atom. The molecule has 2 N–H and O–H groups in total. The molecule has 0 radical (unpaired) electrons. The lowest BCUT2D eigenvalue weighted by atomic mass is 10.2. The topological polar surface area (TPSA) is 63.4 Å². The van der Waals surface area contributed by atoms with Crippen molar-refractivity contribution in [1.29, 1.82) is 0 Å². The van der Waals surface area contributed by atoms with Crippen LogP contribution in [-0.4, -0.2) is 38.3 Å². The van der Waals surface area contributed by atoms with Gasteiger partial charge in [-0.15, -0.1) is 0 Å². The Hall–Kier alpha value is -0.560. The van der Waals surface area contributed by atoms with E-state index in [9.17, 15) is 8.42 Å². The van der Waals surface area contributed by atoms with Crippen LogP contribution in [0.15, 0.2) is 29.2 Å². The predicted molar refractivity (Wildman–Crippen MR) is 77.1 cm³/mol. The van der Waals surface area contributed by atoms with Gasteiger partial charge in [-0.2, -0.15) is 11.8 Å². The van der Waals surface area contributed by atoms with Gasteiger partial charge in [0.15, 0.2) is 0 Å². The largest absolute Gasteiger partial charge is 0.326 e. The van der Waals surface area contributed by atoms with Gasteiger partial charge in [0.05, 0.1) is 4.90 Å². The van der Waals surface area contributed by atoms with E-state index >= 15 is 0 Å². The third-order valence-corrected chi connectivity index (χ3v) is 5.21. The number of thioether (sulfide) groups is 1. The first kappa shape index (κ1) is 15.5. The molecule has 102 valence electrons. The molecular formula is C12H20N2O2S2. The molecule has 0 amide bonds. The van der Waals surface area contributed by atoms with Crippen molar-refractivity contribution in [2.24, 2.45) is 5.73 Å². The van der Waals surface area contributed by atoms with Gasteiger partial charge in [-0.05, 0) is 36.1 Å². The molecule has 0 saturated heterocycles. The third-order valence-electron chi connectivity index (χ3n) is 2.66. The van der Waals surface area contributed by atoms with Crippen LogP contribution >= 0.6 is 11.8 Å². The first-order chi connectivity index (χ1) is 8.52. The molecule has 0 fully saturated rings. The summed E-state index contributed by atoms with van der Waals surface area (Å²) in [7, 11) is -1.77. The lowest BCUT2D eigenvalue weighted by Crippen LogP contribution is -2.28. The van der Waals surface area contributed by atoms with Crippen molar-refractivity contribution in [1.82, 2.24) is 4.31 Å². The molecule has 0 unspecified atom stereocenters. The summed E-state index contributed by atoms with van der Waals surface area (Å²) >= 11 is 1.72. The van der Waals surface area contributed by atoms with Gasteiger partial charge in [-0.25, -0.2) is 12.7 Å². The normalized spacial score (nSPS) is 12.0. The molecule has 0 heterocycles. The van der Waals surface area contributed by atoms with Crippen molar-refractivity contribution in [2.45, 2.75) is 17.9 Å². The second kappa shape index (κ2) is 7.13. The molecule has 6 heteroatoms. The summed E-state index contributed by atoms with van der Waals surface area (Å²) in [5.74, 6) is 0.961. The number of nitrogens with two attached hydrogens (primary N) is 1. The monoisotopic (exact) mass is 288 g/mol. The molecule has 0 spiro atoms. The zero-order valence-electron chi connectivity index (χ0n) is 10.8. The lowest BCUT2D eigenvalue weighted by Gasteiger charge is -2.17. The number of nitrogens with zero attached hydrogens (tertiary/aromatic N) is 1. The zero-order valence-corrected chi connectivity index (χ0v) is 12.4. The lowest BCUT2D eigenvalue weighted by molar-refractivity contribution is 0.469.